The van der Waals surface area contributed by atoms with Crippen LogP contribution in [0.1, 0.15) is 22.8 Å². The minimum Gasteiger partial charge on any atom is -0.489 e. The number of hydrogen-bond acceptors (Lipinski definition) is 2. The van der Waals surface area contributed by atoms with Crippen molar-refractivity contribution >= 4 is 27.6 Å². The van der Waals surface area contributed by atoms with Crippen molar-refractivity contribution in [3.63, 3.8) is 0 Å². The van der Waals surface area contributed by atoms with Crippen LogP contribution in [-0.4, -0.2) is 16.3 Å². The standard InChI is InChI=1S/C31H26O3S/c1-22-10-5-8-17-30(22)35(27-14-3-2-4-15-27)28-16-9-13-26(20-28)34-21-25-18-23-11-6-7-12-24(23)19-29(25)31(32)33/h2-20,22,30H,21H2,1H3/p+1. The summed E-state index contributed by atoms with van der Waals surface area (Å²) in [5.74, 6) is 0.215. The van der Waals surface area contributed by atoms with E-state index in [0.29, 0.717) is 16.7 Å². The summed E-state index contributed by atoms with van der Waals surface area (Å²) in [6.45, 7) is 2.46. The summed E-state index contributed by atoms with van der Waals surface area (Å²) < 4.78 is 6.18. The first-order valence-corrected chi connectivity index (χ1v) is 13.0. The number of rotatable bonds is 7. The van der Waals surface area contributed by atoms with Crippen molar-refractivity contribution < 1.29 is 14.6 Å². The molecule has 0 heterocycles. The zero-order chi connectivity index (χ0) is 24.2. The van der Waals surface area contributed by atoms with E-state index in [9.17, 15) is 9.90 Å². The molecule has 0 radical (unpaired) electrons. The van der Waals surface area contributed by atoms with Gasteiger partial charge in [0.2, 0.25) is 0 Å². The Bertz CT molecular complexity index is 1410. The Kier molecular flexibility index (Phi) is 6.73. The maximum absolute atomic E-state index is 11.9. The van der Waals surface area contributed by atoms with Crippen LogP contribution >= 0.6 is 0 Å². The molecule has 3 unspecified atom stereocenters. The van der Waals surface area contributed by atoms with Gasteiger partial charge in [0, 0.05) is 17.5 Å². The van der Waals surface area contributed by atoms with E-state index >= 15 is 0 Å². The molecule has 0 aliphatic heterocycles. The molecule has 0 amide bonds. The molecule has 4 aromatic carbocycles. The minimum atomic E-state index is -0.945. The van der Waals surface area contributed by atoms with Crippen molar-refractivity contribution in [1.82, 2.24) is 0 Å². The molecular formula is C31H27O3S+. The van der Waals surface area contributed by atoms with Crippen LogP contribution in [0, 0.1) is 5.92 Å². The van der Waals surface area contributed by atoms with Crippen molar-refractivity contribution in [2.45, 2.75) is 28.6 Å². The second kappa shape index (κ2) is 10.2. The molecule has 0 bridgehead atoms. The monoisotopic (exact) mass is 479 g/mol. The zero-order valence-corrected chi connectivity index (χ0v) is 20.3. The van der Waals surface area contributed by atoms with Gasteiger partial charge in [0.05, 0.1) is 16.5 Å². The topological polar surface area (TPSA) is 46.5 Å². The highest BCUT2D eigenvalue weighted by atomic mass is 32.2. The lowest BCUT2D eigenvalue weighted by molar-refractivity contribution is 0.0694. The van der Waals surface area contributed by atoms with E-state index in [0.717, 1.165) is 16.5 Å². The molecule has 3 nitrogen and oxygen atoms in total. The molecule has 174 valence electrons. The molecule has 35 heavy (non-hydrogen) atoms. The number of aromatic carboxylic acids is 1. The molecule has 0 spiro atoms. The molecule has 0 fully saturated rings. The average molecular weight is 480 g/mol. The van der Waals surface area contributed by atoms with Crippen LogP contribution < -0.4 is 4.74 Å². The number of hydrogen-bond donors (Lipinski definition) is 1. The normalized spacial score (nSPS) is 17.9. The van der Waals surface area contributed by atoms with Crippen LogP contribution in [0.4, 0.5) is 0 Å². The van der Waals surface area contributed by atoms with Crippen molar-refractivity contribution in [2.75, 3.05) is 0 Å². The first kappa shape index (κ1) is 23.0. The number of fused-ring (bicyclic) bond motifs is 1. The number of benzene rings is 4. The third kappa shape index (κ3) is 5.03. The second-order valence-electron chi connectivity index (χ2n) is 8.67. The van der Waals surface area contributed by atoms with E-state index in [2.05, 4.69) is 67.6 Å². The molecule has 1 aliphatic carbocycles. The molecule has 1 N–H and O–H groups in total. The van der Waals surface area contributed by atoms with Gasteiger partial charge in [0.15, 0.2) is 15.0 Å². The molecule has 0 saturated heterocycles. The molecular weight excluding hydrogens is 452 g/mol. The summed E-state index contributed by atoms with van der Waals surface area (Å²) in [4.78, 5) is 14.4. The first-order chi connectivity index (χ1) is 17.1. The fourth-order valence-electron chi connectivity index (χ4n) is 4.48. The molecule has 1 aliphatic rings. The molecule has 4 heteroatoms. The van der Waals surface area contributed by atoms with E-state index in [1.807, 2.05) is 48.5 Å². The second-order valence-corrected chi connectivity index (χ2v) is 10.8. The van der Waals surface area contributed by atoms with Gasteiger partial charge in [-0.1, -0.05) is 73.7 Å². The van der Waals surface area contributed by atoms with Crippen LogP contribution in [-0.2, 0) is 17.5 Å². The summed E-state index contributed by atoms with van der Waals surface area (Å²) in [7, 11) is -0.169. The van der Waals surface area contributed by atoms with Crippen LogP contribution in [0.2, 0.25) is 0 Å². The highest BCUT2D eigenvalue weighted by molar-refractivity contribution is 7.97. The van der Waals surface area contributed by atoms with E-state index in [-0.39, 0.29) is 23.1 Å². The Morgan fingerprint density at radius 2 is 1.51 bits per heavy atom. The molecule has 3 atom stereocenters. The van der Waals surface area contributed by atoms with Crippen LogP contribution in [0.25, 0.3) is 10.8 Å². The fourth-order valence-corrected chi connectivity index (χ4v) is 7.06. The number of ether oxygens (including phenoxy) is 1. The van der Waals surface area contributed by atoms with Crippen molar-refractivity contribution in [3.05, 3.63) is 126 Å². The predicted octanol–water partition coefficient (Wildman–Crippen LogP) is 7.28. The Labute approximate surface area is 208 Å². The van der Waals surface area contributed by atoms with E-state index in [1.54, 1.807) is 6.07 Å². The van der Waals surface area contributed by atoms with Crippen LogP contribution in [0.15, 0.2) is 125 Å². The number of carboxylic acids is 1. The van der Waals surface area contributed by atoms with E-state index in [1.165, 1.54) is 9.79 Å². The molecule has 4 aromatic rings. The van der Waals surface area contributed by atoms with Gasteiger partial charge in [-0.3, -0.25) is 0 Å². The predicted molar refractivity (Wildman–Crippen MR) is 143 cm³/mol. The lowest BCUT2D eigenvalue weighted by atomic mass is 10.0. The van der Waals surface area contributed by atoms with Gasteiger partial charge >= 0.3 is 5.97 Å². The summed E-state index contributed by atoms with van der Waals surface area (Å²) in [6, 6.07) is 30.3. The summed E-state index contributed by atoms with van der Waals surface area (Å²) in [5, 5.41) is 12.0. The number of allylic oxidation sites excluding steroid dienone is 3. The van der Waals surface area contributed by atoms with Gasteiger partial charge < -0.3 is 9.84 Å². The quantitative estimate of drug-likeness (QED) is 0.283. The molecule has 0 aromatic heterocycles. The Morgan fingerprint density at radius 1 is 0.829 bits per heavy atom. The van der Waals surface area contributed by atoms with E-state index in [4.69, 9.17) is 4.74 Å². The first-order valence-electron chi connectivity index (χ1n) is 11.7. The minimum absolute atomic E-state index is 0.169. The highest BCUT2D eigenvalue weighted by Crippen LogP contribution is 2.35. The maximum atomic E-state index is 11.9. The van der Waals surface area contributed by atoms with Crippen molar-refractivity contribution in [1.29, 1.82) is 0 Å². The maximum Gasteiger partial charge on any atom is 0.336 e. The number of carbonyl (C=O) groups is 1. The lowest BCUT2D eigenvalue weighted by Gasteiger charge is -2.22. The van der Waals surface area contributed by atoms with Gasteiger partial charge in [-0.2, -0.15) is 0 Å². The average Bonchev–Trinajstić information content (AvgIpc) is 2.89. The number of carboxylic acid groups (broad SMARTS) is 1. The largest absolute Gasteiger partial charge is 0.489 e. The molecule has 5 rings (SSSR count). The van der Waals surface area contributed by atoms with Gasteiger partial charge in [-0.25, -0.2) is 4.79 Å². The van der Waals surface area contributed by atoms with Crippen LogP contribution in [0.5, 0.6) is 5.75 Å². The Morgan fingerprint density at radius 3 is 2.26 bits per heavy atom. The molecule has 0 saturated carbocycles. The fraction of sp³-hybridized carbons (Fsp3) is 0.129. The third-order valence-corrected chi connectivity index (χ3v) is 8.94. The van der Waals surface area contributed by atoms with E-state index < -0.39 is 5.97 Å². The van der Waals surface area contributed by atoms with Crippen molar-refractivity contribution in [2.24, 2.45) is 5.92 Å². The highest BCUT2D eigenvalue weighted by Gasteiger charge is 2.37. The van der Waals surface area contributed by atoms with Crippen LogP contribution in [0.3, 0.4) is 0 Å². The zero-order valence-electron chi connectivity index (χ0n) is 19.5. The third-order valence-electron chi connectivity index (χ3n) is 6.27. The van der Waals surface area contributed by atoms with Gasteiger partial charge in [0.25, 0.3) is 0 Å². The lowest BCUT2D eigenvalue weighted by Crippen LogP contribution is -2.27. The van der Waals surface area contributed by atoms with Gasteiger partial charge in [-0.15, -0.1) is 0 Å². The Hall–Kier alpha value is -3.76. The van der Waals surface area contributed by atoms with Crippen molar-refractivity contribution in [3.8, 4) is 5.75 Å². The van der Waals surface area contributed by atoms with Gasteiger partial charge in [0.1, 0.15) is 12.4 Å². The SMILES string of the molecule is CC1C=CC=CC1[S+](c1ccccc1)c1cccc(OCc2cc3ccccc3cc2C(=O)O)c1. The Balaban J connectivity index is 1.46. The van der Waals surface area contributed by atoms with Gasteiger partial charge in [-0.05, 0) is 53.2 Å². The summed E-state index contributed by atoms with van der Waals surface area (Å²) in [6.07, 6.45) is 8.83. The summed E-state index contributed by atoms with van der Waals surface area (Å²) >= 11 is 0. The smallest absolute Gasteiger partial charge is 0.336 e. The summed E-state index contributed by atoms with van der Waals surface area (Å²) in [5.41, 5.74) is 0.939.